The summed E-state index contributed by atoms with van der Waals surface area (Å²) in [4.78, 5) is 22.5. The van der Waals surface area contributed by atoms with Gasteiger partial charge < -0.3 is 14.2 Å². The number of carbonyl (C=O) groups is 2. The van der Waals surface area contributed by atoms with E-state index in [-0.39, 0.29) is 5.76 Å². The molecule has 0 heterocycles. The van der Waals surface area contributed by atoms with Crippen molar-refractivity contribution >= 4 is 27.9 Å². The van der Waals surface area contributed by atoms with Crippen LogP contribution in [0.15, 0.2) is 40.6 Å². The Kier molecular flexibility index (Phi) is 5.38. The summed E-state index contributed by atoms with van der Waals surface area (Å²) < 4.78 is 15.1. The van der Waals surface area contributed by atoms with Crippen LogP contribution in [-0.2, 0) is 19.1 Å². The molecule has 0 aromatic heterocycles. The second kappa shape index (κ2) is 6.80. The molecule has 0 aliphatic carbocycles. The van der Waals surface area contributed by atoms with Gasteiger partial charge in [-0.3, -0.25) is 0 Å². The Morgan fingerprint density at radius 2 is 1.72 bits per heavy atom. The van der Waals surface area contributed by atoms with Crippen LogP contribution < -0.4 is 4.74 Å². The van der Waals surface area contributed by atoms with Crippen molar-refractivity contribution in [2.24, 2.45) is 0 Å². The average molecular weight is 315 g/mol. The van der Waals surface area contributed by atoms with Crippen molar-refractivity contribution in [2.45, 2.75) is 0 Å². The summed E-state index contributed by atoms with van der Waals surface area (Å²) >= 11 is 3.27. The Balaban J connectivity index is 2.91. The number of halogens is 1. The van der Waals surface area contributed by atoms with E-state index in [0.717, 1.165) is 10.5 Å². The lowest BCUT2D eigenvalue weighted by Gasteiger charge is -2.07. The molecule has 0 aliphatic rings. The molecule has 0 bridgehead atoms. The van der Waals surface area contributed by atoms with Crippen LogP contribution in [0.25, 0.3) is 0 Å². The predicted molar refractivity (Wildman–Crippen MR) is 66.9 cm³/mol. The van der Waals surface area contributed by atoms with Gasteiger partial charge in [-0.1, -0.05) is 15.9 Å². The van der Waals surface area contributed by atoms with Crippen LogP contribution in [-0.4, -0.2) is 26.2 Å². The standard InChI is InChI=1S/C12H11BrO5/c1-16-11(14)7-10(12(15)17-2)18-9-5-3-8(13)4-6-9/h3-7H,1-2H3/b10-7-. The number of esters is 2. The monoisotopic (exact) mass is 314 g/mol. The highest BCUT2D eigenvalue weighted by molar-refractivity contribution is 9.10. The second-order valence-corrected chi connectivity index (χ2v) is 3.99. The summed E-state index contributed by atoms with van der Waals surface area (Å²) in [6.45, 7) is 0. The highest BCUT2D eigenvalue weighted by atomic mass is 79.9. The lowest BCUT2D eigenvalue weighted by molar-refractivity contribution is -0.140. The smallest absolute Gasteiger partial charge is 0.374 e. The second-order valence-electron chi connectivity index (χ2n) is 3.08. The van der Waals surface area contributed by atoms with E-state index in [2.05, 4.69) is 25.4 Å². The van der Waals surface area contributed by atoms with Crippen LogP contribution in [0.3, 0.4) is 0 Å². The lowest BCUT2D eigenvalue weighted by atomic mass is 10.3. The molecule has 0 saturated heterocycles. The van der Waals surface area contributed by atoms with Gasteiger partial charge in [-0.05, 0) is 24.3 Å². The minimum absolute atomic E-state index is 0.244. The third kappa shape index (κ3) is 4.21. The van der Waals surface area contributed by atoms with Crippen LogP contribution in [0.1, 0.15) is 0 Å². The average Bonchev–Trinajstić information content (AvgIpc) is 2.39. The fourth-order valence-electron chi connectivity index (χ4n) is 1.03. The minimum atomic E-state index is -0.761. The number of carbonyl (C=O) groups excluding carboxylic acids is 2. The van der Waals surface area contributed by atoms with Gasteiger partial charge in [0, 0.05) is 4.47 Å². The van der Waals surface area contributed by atoms with Gasteiger partial charge in [-0.2, -0.15) is 0 Å². The van der Waals surface area contributed by atoms with E-state index in [1.165, 1.54) is 14.2 Å². The zero-order valence-electron chi connectivity index (χ0n) is 9.81. The van der Waals surface area contributed by atoms with Crippen molar-refractivity contribution in [1.82, 2.24) is 0 Å². The lowest BCUT2D eigenvalue weighted by Crippen LogP contribution is -2.13. The Bertz CT molecular complexity index is 464. The van der Waals surface area contributed by atoms with E-state index < -0.39 is 11.9 Å². The van der Waals surface area contributed by atoms with Gasteiger partial charge in [0.2, 0.25) is 5.76 Å². The van der Waals surface area contributed by atoms with Gasteiger partial charge in [0.25, 0.3) is 0 Å². The number of hydrogen-bond acceptors (Lipinski definition) is 5. The van der Waals surface area contributed by atoms with Crippen molar-refractivity contribution in [1.29, 1.82) is 0 Å². The van der Waals surface area contributed by atoms with Crippen LogP contribution in [0, 0.1) is 0 Å². The molecule has 0 spiro atoms. The fraction of sp³-hybridized carbons (Fsp3) is 0.167. The quantitative estimate of drug-likeness (QED) is 0.483. The van der Waals surface area contributed by atoms with E-state index in [1.54, 1.807) is 24.3 Å². The molecule has 18 heavy (non-hydrogen) atoms. The maximum absolute atomic E-state index is 11.4. The van der Waals surface area contributed by atoms with Crippen LogP contribution in [0.5, 0.6) is 5.75 Å². The van der Waals surface area contributed by atoms with Gasteiger partial charge in [0.1, 0.15) is 5.75 Å². The number of benzene rings is 1. The van der Waals surface area contributed by atoms with E-state index in [9.17, 15) is 9.59 Å². The zero-order valence-corrected chi connectivity index (χ0v) is 11.4. The Morgan fingerprint density at radius 3 is 2.22 bits per heavy atom. The summed E-state index contributed by atoms with van der Waals surface area (Å²) in [6, 6.07) is 6.75. The molecule has 6 heteroatoms. The Hall–Kier alpha value is -1.82. The Labute approximate surface area is 112 Å². The van der Waals surface area contributed by atoms with Gasteiger partial charge in [-0.15, -0.1) is 0 Å². The zero-order chi connectivity index (χ0) is 13.5. The SMILES string of the molecule is COC(=O)/C=C(\Oc1ccc(Br)cc1)C(=O)OC. The molecule has 0 radical (unpaired) electrons. The summed E-state index contributed by atoms with van der Waals surface area (Å²) in [5, 5.41) is 0. The molecule has 0 N–H and O–H groups in total. The first-order valence-corrected chi connectivity index (χ1v) is 5.67. The van der Waals surface area contributed by atoms with E-state index in [0.29, 0.717) is 5.75 Å². The molecule has 0 amide bonds. The molecule has 1 aromatic rings. The maximum Gasteiger partial charge on any atom is 0.374 e. The van der Waals surface area contributed by atoms with Crippen molar-refractivity contribution in [2.75, 3.05) is 14.2 Å². The molecule has 0 atom stereocenters. The first-order valence-electron chi connectivity index (χ1n) is 4.88. The summed E-state index contributed by atoms with van der Waals surface area (Å²) in [7, 11) is 2.39. The topological polar surface area (TPSA) is 61.8 Å². The molecule has 0 fully saturated rings. The highest BCUT2D eigenvalue weighted by Crippen LogP contribution is 2.18. The summed E-state index contributed by atoms with van der Waals surface area (Å²) in [6.07, 6.45) is 0.924. The number of methoxy groups -OCH3 is 2. The number of hydrogen-bond donors (Lipinski definition) is 0. The minimum Gasteiger partial charge on any atom is -0.466 e. The van der Waals surface area contributed by atoms with Gasteiger partial charge >= 0.3 is 11.9 Å². The molecule has 1 aromatic carbocycles. The van der Waals surface area contributed by atoms with Crippen molar-refractivity contribution in [3.63, 3.8) is 0 Å². The molecule has 0 aliphatic heterocycles. The largest absolute Gasteiger partial charge is 0.466 e. The third-order valence-electron chi connectivity index (χ3n) is 1.88. The third-order valence-corrected chi connectivity index (χ3v) is 2.41. The van der Waals surface area contributed by atoms with Gasteiger partial charge in [0.05, 0.1) is 20.3 Å². The van der Waals surface area contributed by atoms with Crippen LogP contribution >= 0.6 is 15.9 Å². The summed E-state index contributed by atoms with van der Waals surface area (Å²) in [5.41, 5.74) is 0. The predicted octanol–water partition coefficient (Wildman–Crippen LogP) is 2.06. The molecular formula is C12H11BrO5. The van der Waals surface area contributed by atoms with E-state index >= 15 is 0 Å². The van der Waals surface area contributed by atoms with Crippen LogP contribution in [0.2, 0.25) is 0 Å². The van der Waals surface area contributed by atoms with Crippen molar-refractivity contribution in [3.05, 3.63) is 40.6 Å². The molecule has 0 unspecified atom stereocenters. The summed E-state index contributed by atoms with van der Waals surface area (Å²) in [5.74, 6) is -1.30. The molecule has 96 valence electrons. The molecule has 1 rings (SSSR count). The fourth-order valence-corrected chi connectivity index (χ4v) is 1.29. The normalized spacial score (nSPS) is 10.7. The van der Waals surface area contributed by atoms with Crippen molar-refractivity contribution in [3.8, 4) is 5.75 Å². The molecule has 5 nitrogen and oxygen atoms in total. The number of ether oxygens (including phenoxy) is 3. The van der Waals surface area contributed by atoms with Crippen LogP contribution in [0.4, 0.5) is 0 Å². The molecule has 0 saturated carbocycles. The maximum atomic E-state index is 11.4. The highest BCUT2D eigenvalue weighted by Gasteiger charge is 2.15. The first-order chi connectivity index (χ1) is 8.56. The Morgan fingerprint density at radius 1 is 1.11 bits per heavy atom. The van der Waals surface area contributed by atoms with E-state index in [1.807, 2.05) is 0 Å². The number of rotatable bonds is 4. The van der Waals surface area contributed by atoms with Gasteiger partial charge in [0.15, 0.2) is 0 Å². The first kappa shape index (κ1) is 14.2. The molecular weight excluding hydrogens is 304 g/mol. The van der Waals surface area contributed by atoms with Gasteiger partial charge in [-0.25, -0.2) is 9.59 Å². The van der Waals surface area contributed by atoms with E-state index in [4.69, 9.17) is 4.74 Å². The van der Waals surface area contributed by atoms with Crippen molar-refractivity contribution < 1.29 is 23.8 Å².